The third-order valence-electron chi connectivity index (χ3n) is 3.33. The molecule has 0 amide bonds. The minimum absolute atomic E-state index is 0.0313. The number of nitrogens with zero attached hydrogens (tertiary/aromatic N) is 4. The zero-order valence-corrected chi connectivity index (χ0v) is 11.9. The first kappa shape index (κ1) is 12.0. The van der Waals surface area contributed by atoms with Crippen molar-refractivity contribution in [3.63, 3.8) is 0 Å². The molecule has 1 aliphatic heterocycles. The molecular formula is C11H10N4O3S2. The van der Waals surface area contributed by atoms with Crippen LogP contribution in [0.25, 0.3) is 16.5 Å². The molecule has 4 heterocycles. The summed E-state index contributed by atoms with van der Waals surface area (Å²) in [6.07, 6.45) is 2.19. The van der Waals surface area contributed by atoms with E-state index < -0.39 is 9.84 Å². The Labute approximate surface area is 118 Å². The second-order valence-electron chi connectivity index (χ2n) is 4.74. The van der Waals surface area contributed by atoms with Crippen molar-refractivity contribution in [2.75, 3.05) is 11.5 Å². The lowest BCUT2D eigenvalue weighted by Gasteiger charge is -2.00. The third-order valence-corrected chi connectivity index (χ3v) is 6.16. The van der Waals surface area contributed by atoms with E-state index in [2.05, 4.69) is 15.3 Å². The van der Waals surface area contributed by atoms with Crippen LogP contribution < -0.4 is 0 Å². The predicted molar refractivity (Wildman–Crippen MR) is 72.4 cm³/mol. The van der Waals surface area contributed by atoms with Crippen LogP contribution in [0.15, 0.2) is 22.8 Å². The van der Waals surface area contributed by atoms with Gasteiger partial charge in [-0.2, -0.15) is 9.61 Å². The summed E-state index contributed by atoms with van der Waals surface area (Å²) in [5.41, 5.74) is 0. The smallest absolute Gasteiger partial charge is 0.235 e. The minimum atomic E-state index is -2.91. The Balaban J connectivity index is 1.77. The summed E-state index contributed by atoms with van der Waals surface area (Å²) in [7, 11) is -2.91. The highest BCUT2D eigenvalue weighted by molar-refractivity contribution is 7.91. The Morgan fingerprint density at radius 3 is 3.00 bits per heavy atom. The quantitative estimate of drug-likeness (QED) is 0.709. The van der Waals surface area contributed by atoms with Gasteiger partial charge in [0.15, 0.2) is 15.6 Å². The Kier molecular flexibility index (Phi) is 2.48. The van der Waals surface area contributed by atoms with E-state index in [9.17, 15) is 8.42 Å². The first-order valence-corrected chi connectivity index (χ1v) is 8.73. The lowest BCUT2D eigenvalue weighted by Crippen LogP contribution is -2.04. The van der Waals surface area contributed by atoms with Crippen molar-refractivity contribution in [3.8, 4) is 11.6 Å². The maximum absolute atomic E-state index is 11.5. The SMILES string of the molecule is O=S1(=O)CCC(c2nn3c(-c4ccco4)nnc3s2)C1. The van der Waals surface area contributed by atoms with Gasteiger partial charge in [0.05, 0.1) is 17.8 Å². The summed E-state index contributed by atoms with van der Waals surface area (Å²) in [5.74, 6) is 1.51. The second kappa shape index (κ2) is 4.13. The van der Waals surface area contributed by atoms with E-state index in [1.807, 2.05) is 0 Å². The number of fused-ring (bicyclic) bond motifs is 1. The zero-order valence-electron chi connectivity index (χ0n) is 10.3. The summed E-state index contributed by atoms with van der Waals surface area (Å²) in [6.45, 7) is 0. The van der Waals surface area contributed by atoms with E-state index in [0.717, 1.165) is 5.01 Å². The molecule has 0 bridgehead atoms. The molecule has 1 saturated heterocycles. The molecule has 1 unspecified atom stereocenters. The predicted octanol–water partition coefficient (Wildman–Crippen LogP) is 1.35. The van der Waals surface area contributed by atoms with Crippen LogP contribution in [0.1, 0.15) is 17.3 Å². The first-order chi connectivity index (χ1) is 9.62. The second-order valence-corrected chi connectivity index (χ2v) is 7.95. The van der Waals surface area contributed by atoms with Crippen molar-refractivity contribution in [2.45, 2.75) is 12.3 Å². The van der Waals surface area contributed by atoms with Gasteiger partial charge in [0, 0.05) is 5.92 Å². The molecule has 9 heteroatoms. The molecule has 0 aromatic carbocycles. The largest absolute Gasteiger partial charge is 0.461 e. The molecule has 0 N–H and O–H groups in total. The van der Waals surface area contributed by atoms with Crippen molar-refractivity contribution < 1.29 is 12.8 Å². The molecule has 1 fully saturated rings. The summed E-state index contributed by atoms with van der Waals surface area (Å²) >= 11 is 1.39. The molecule has 0 radical (unpaired) electrons. The van der Waals surface area contributed by atoms with Crippen molar-refractivity contribution >= 4 is 26.1 Å². The Bertz CT molecular complexity index is 863. The maximum atomic E-state index is 11.5. The van der Waals surface area contributed by atoms with Crippen molar-refractivity contribution in [2.24, 2.45) is 0 Å². The highest BCUT2D eigenvalue weighted by Crippen LogP contribution is 2.32. The van der Waals surface area contributed by atoms with Gasteiger partial charge in [-0.15, -0.1) is 10.2 Å². The molecule has 20 heavy (non-hydrogen) atoms. The average molecular weight is 310 g/mol. The molecule has 7 nitrogen and oxygen atoms in total. The van der Waals surface area contributed by atoms with Gasteiger partial charge in [-0.05, 0) is 18.6 Å². The topological polar surface area (TPSA) is 90.4 Å². The van der Waals surface area contributed by atoms with Gasteiger partial charge in [0.2, 0.25) is 10.8 Å². The molecule has 0 aliphatic carbocycles. The summed E-state index contributed by atoms with van der Waals surface area (Å²) in [5, 5.41) is 13.4. The molecule has 3 aromatic rings. The molecule has 3 aromatic heterocycles. The fraction of sp³-hybridized carbons (Fsp3) is 0.364. The van der Waals surface area contributed by atoms with Crippen molar-refractivity contribution in [1.29, 1.82) is 0 Å². The van der Waals surface area contributed by atoms with Crippen LogP contribution in [0.4, 0.5) is 0 Å². The first-order valence-electron chi connectivity index (χ1n) is 6.09. The van der Waals surface area contributed by atoms with E-state index in [0.29, 0.717) is 23.0 Å². The Morgan fingerprint density at radius 1 is 1.40 bits per heavy atom. The fourth-order valence-electron chi connectivity index (χ4n) is 2.35. The van der Waals surface area contributed by atoms with E-state index in [1.165, 1.54) is 11.3 Å². The molecule has 1 aliphatic rings. The van der Waals surface area contributed by atoms with Gasteiger partial charge in [-0.25, -0.2) is 8.42 Å². The van der Waals surface area contributed by atoms with Crippen LogP contribution in [0, 0.1) is 0 Å². The van der Waals surface area contributed by atoms with E-state index in [1.54, 1.807) is 22.9 Å². The number of furan rings is 1. The highest BCUT2D eigenvalue weighted by atomic mass is 32.2. The van der Waals surface area contributed by atoms with Crippen LogP contribution in [0.2, 0.25) is 0 Å². The van der Waals surface area contributed by atoms with E-state index in [4.69, 9.17) is 4.42 Å². The van der Waals surface area contributed by atoms with Crippen molar-refractivity contribution in [1.82, 2.24) is 19.8 Å². The standard InChI is InChI=1S/C11H10N4O3S2/c16-20(17)5-3-7(6-20)10-14-15-9(8-2-1-4-18-8)12-13-11(15)19-10/h1-2,4,7H,3,5-6H2. The molecule has 4 rings (SSSR count). The lowest BCUT2D eigenvalue weighted by atomic mass is 10.1. The highest BCUT2D eigenvalue weighted by Gasteiger charge is 2.32. The zero-order chi connectivity index (χ0) is 13.7. The molecule has 0 saturated carbocycles. The number of hydrogen-bond acceptors (Lipinski definition) is 7. The minimum Gasteiger partial charge on any atom is -0.461 e. The van der Waals surface area contributed by atoms with Gasteiger partial charge in [-0.1, -0.05) is 11.3 Å². The van der Waals surface area contributed by atoms with E-state index >= 15 is 0 Å². The number of hydrogen-bond donors (Lipinski definition) is 0. The van der Waals surface area contributed by atoms with Gasteiger partial charge >= 0.3 is 0 Å². The third kappa shape index (κ3) is 1.85. The number of sulfone groups is 1. The van der Waals surface area contributed by atoms with Crippen molar-refractivity contribution in [3.05, 3.63) is 23.4 Å². The molecular weight excluding hydrogens is 300 g/mol. The number of aromatic nitrogens is 4. The Morgan fingerprint density at radius 2 is 2.30 bits per heavy atom. The summed E-state index contributed by atoms with van der Waals surface area (Å²) in [6, 6.07) is 3.56. The van der Waals surface area contributed by atoms with Gasteiger partial charge in [0.25, 0.3) is 0 Å². The number of rotatable bonds is 2. The lowest BCUT2D eigenvalue weighted by molar-refractivity contribution is 0.574. The van der Waals surface area contributed by atoms with Crippen LogP contribution in [-0.4, -0.2) is 39.7 Å². The fourth-order valence-corrected chi connectivity index (χ4v) is 5.17. The molecule has 104 valence electrons. The average Bonchev–Trinajstić information content (AvgIpc) is 3.08. The van der Waals surface area contributed by atoms with Gasteiger partial charge < -0.3 is 4.42 Å². The van der Waals surface area contributed by atoms with Crippen LogP contribution in [0.3, 0.4) is 0 Å². The summed E-state index contributed by atoms with van der Waals surface area (Å²) in [4.78, 5) is 0.649. The normalized spacial score (nSPS) is 21.7. The molecule has 1 atom stereocenters. The van der Waals surface area contributed by atoms with Crippen LogP contribution >= 0.6 is 11.3 Å². The van der Waals surface area contributed by atoms with Gasteiger partial charge in [0.1, 0.15) is 5.01 Å². The Hall–Kier alpha value is -1.74. The van der Waals surface area contributed by atoms with Gasteiger partial charge in [-0.3, -0.25) is 0 Å². The monoisotopic (exact) mass is 310 g/mol. The van der Waals surface area contributed by atoms with Crippen LogP contribution in [-0.2, 0) is 9.84 Å². The maximum Gasteiger partial charge on any atom is 0.235 e. The summed E-state index contributed by atoms with van der Waals surface area (Å²) < 4.78 is 30.0. The van der Waals surface area contributed by atoms with E-state index in [-0.39, 0.29) is 17.4 Å². The van der Waals surface area contributed by atoms with Crippen LogP contribution in [0.5, 0.6) is 0 Å². The molecule has 0 spiro atoms.